The van der Waals surface area contributed by atoms with Gasteiger partial charge in [0.25, 0.3) is 0 Å². The van der Waals surface area contributed by atoms with Gasteiger partial charge >= 0.3 is 0 Å². The molecule has 0 N–H and O–H groups in total. The topological polar surface area (TPSA) is 30.7 Å². The Morgan fingerprint density at radius 2 is 1.88 bits per heavy atom. The summed E-state index contributed by atoms with van der Waals surface area (Å²) in [5.41, 5.74) is 2.59. The maximum absolute atomic E-state index is 14.0. The standard InChI is InChI=1S/C13H10FN3/c1-9-5-4-8-12(13(9)14)17-11-7-3-2-6-10(11)15-16-17/h2-8H,1H3. The highest BCUT2D eigenvalue weighted by molar-refractivity contribution is 5.75. The minimum atomic E-state index is -0.261. The molecule has 2 aromatic carbocycles. The van der Waals surface area contributed by atoms with E-state index in [9.17, 15) is 4.39 Å². The third-order valence-electron chi connectivity index (χ3n) is 2.75. The number of hydrogen-bond donors (Lipinski definition) is 0. The molecule has 17 heavy (non-hydrogen) atoms. The number of halogens is 1. The van der Waals surface area contributed by atoms with Crippen molar-refractivity contribution in [2.75, 3.05) is 0 Å². The lowest BCUT2D eigenvalue weighted by atomic mass is 10.2. The van der Waals surface area contributed by atoms with Crippen LogP contribution in [-0.2, 0) is 0 Å². The number of hydrogen-bond acceptors (Lipinski definition) is 2. The average Bonchev–Trinajstić information content (AvgIpc) is 2.77. The van der Waals surface area contributed by atoms with Crippen LogP contribution in [0.4, 0.5) is 4.39 Å². The second-order valence-corrected chi connectivity index (χ2v) is 3.90. The Kier molecular flexibility index (Phi) is 2.14. The Labute approximate surface area is 97.5 Å². The average molecular weight is 227 g/mol. The second-order valence-electron chi connectivity index (χ2n) is 3.90. The van der Waals surface area contributed by atoms with Crippen LogP contribution in [0.15, 0.2) is 42.5 Å². The fraction of sp³-hybridized carbons (Fsp3) is 0.0769. The van der Waals surface area contributed by atoms with E-state index in [1.54, 1.807) is 19.1 Å². The van der Waals surface area contributed by atoms with E-state index in [1.165, 1.54) is 4.68 Å². The second kappa shape index (κ2) is 3.66. The van der Waals surface area contributed by atoms with E-state index in [0.717, 1.165) is 11.0 Å². The molecule has 1 heterocycles. The van der Waals surface area contributed by atoms with Crippen molar-refractivity contribution >= 4 is 11.0 Å². The molecule has 0 atom stereocenters. The summed E-state index contributed by atoms with van der Waals surface area (Å²) in [5.74, 6) is -0.261. The summed E-state index contributed by atoms with van der Waals surface area (Å²) >= 11 is 0. The van der Waals surface area contributed by atoms with Crippen LogP contribution in [0.5, 0.6) is 0 Å². The van der Waals surface area contributed by atoms with E-state index >= 15 is 0 Å². The van der Waals surface area contributed by atoms with Crippen LogP contribution < -0.4 is 0 Å². The molecule has 0 unspecified atom stereocenters. The minimum absolute atomic E-state index is 0.261. The molecule has 0 aliphatic rings. The van der Waals surface area contributed by atoms with E-state index in [4.69, 9.17) is 0 Å². The highest BCUT2D eigenvalue weighted by Crippen LogP contribution is 2.20. The molecule has 84 valence electrons. The van der Waals surface area contributed by atoms with E-state index < -0.39 is 0 Å². The van der Waals surface area contributed by atoms with Gasteiger partial charge < -0.3 is 0 Å². The van der Waals surface area contributed by atoms with E-state index in [-0.39, 0.29) is 5.82 Å². The zero-order valence-electron chi connectivity index (χ0n) is 9.26. The van der Waals surface area contributed by atoms with Crippen LogP contribution in [0.3, 0.4) is 0 Å². The molecule has 0 saturated carbocycles. The number of para-hydroxylation sites is 1. The summed E-state index contributed by atoms with van der Waals surface area (Å²) in [7, 11) is 0. The quantitative estimate of drug-likeness (QED) is 0.640. The van der Waals surface area contributed by atoms with E-state index in [1.807, 2.05) is 30.3 Å². The molecular weight excluding hydrogens is 217 g/mol. The SMILES string of the molecule is Cc1cccc(-n2nnc3ccccc32)c1F. The molecule has 0 aliphatic heterocycles. The van der Waals surface area contributed by atoms with E-state index in [0.29, 0.717) is 11.3 Å². The zero-order chi connectivity index (χ0) is 11.8. The predicted molar refractivity (Wildman–Crippen MR) is 63.6 cm³/mol. The molecule has 3 aromatic rings. The molecule has 1 aromatic heterocycles. The van der Waals surface area contributed by atoms with Gasteiger partial charge in [-0.05, 0) is 30.7 Å². The van der Waals surface area contributed by atoms with Gasteiger partial charge in [0.2, 0.25) is 0 Å². The third kappa shape index (κ3) is 1.49. The Bertz CT molecular complexity index is 688. The van der Waals surface area contributed by atoms with Crippen LogP contribution in [0.1, 0.15) is 5.56 Å². The molecule has 0 amide bonds. The number of aryl methyl sites for hydroxylation is 1. The first-order valence-electron chi connectivity index (χ1n) is 5.33. The molecule has 0 bridgehead atoms. The van der Waals surface area contributed by atoms with Crippen molar-refractivity contribution < 1.29 is 4.39 Å². The Morgan fingerprint density at radius 3 is 2.76 bits per heavy atom. The van der Waals surface area contributed by atoms with Gasteiger partial charge in [-0.2, -0.15) is 0 Å². The van der Waals surface area contributed by atoms with Gasteiger partial charge in [-0.15, -0.1) is 5.10 Å². The highest BCUT2D eigenvalue weighted by atomic mass is 19.1. The molecule has 0 spiro atoms. The van der Waals surface area contributed by atoms with Crippen LogP contribution in [0.25, 0.3) is 16.7 Å². The smallest absolute Gasteiger partial charge is 0.151 e. The summed E-state index contributed by atoms with van der Waals surface area (Å²) in [4.78, 5) is 0. The number of benzene rings is 2. The van der Waals surface area contributed by atoms with Crippen molar-refractivity contribution in [3.63, 3.8) is 0 Å². The number of fused-ring (bicyclic) bond motifs is 1. The molecule has 0 saturated heterocycles. The van der Waals surface area contributed by atoms with Crippen molar-refractivity contribution in [3.8, 4) is 5.69 Å². The normalized spacial score (nSPS) is 10.9. The fourth-order valence-electron chi connectivity index (χ4n) is 1.84. The first kappa shape index (κ1) is 9.96. The predicted octanol–water partition coefficient (Wildman–Crippen LogP) is 2.87. The maximum Gasteiger partial charge on any atom is 0.151 e. The third-order valence-corrected chi connectivity index (χ3v) is 2.75. The fourth-order valence-corrected chi connectivity index (χ4v) is 1.84. The van der Waals surface area contributed by atoms with Gasteiger partial charge in [0, 0.05) is 0 Å². The van der Waals surface area contributed by atoms with E-state index in [2.05, 4.69) is 10.3 Å². The first-order chi connectivity index (χ1) is 8.27. The van der Waals surface area contributed by atoms with Crippen molar-refractivity contribution in [1.29, 1.82) is 0 Å². The van der Waals surface area contributed by atoms with Gasteiger partial charge in [-0.3, -0.25) is 0 Å². The van der Waals surface area contributed by atoms with Gasteiger partial charge in [-0.1, -0.05) is 29.5 Å². The van der Waals surface area contributed by atoms with Crippen molar-refractivity contribution in [2.24, 2.45) is 0 Å². The first-order valence-corrected chi connectivity index (χ1v) is 5.33. The Hall–Kier alpha value is -2.23. The molecule has 3 nitrogen and oxygen atoms in total. The van der Waals surface area contributed by atoms with Crippen LogP contribution in [-0.4, -0.2) is 15.0 Å². The van der Waals surface area contributed by atoms with Crippen LogP contribution >= 0.6 is 0 Å². The number of aromatic nitrogens is 3. The summed E-state index contributed by atoms with van der Waals surface area (Å²) < 4.78 is 15.5. The minimum Gasteiger partial charge on any atom is -0.210 e. The lowest BCUT2D eigenvalue weighted by Crippen LogP contribution is -2.01. The molecule has 0 radical (unpaired) electrons. The van der Waals surface area contributed by atoms with Gasteiger partial charge in [0.1, 0.15) is 11.2 Å². The molecule has 3 rings (SSSR count). The summed E-state index contributed by atoms with van der Waals surface area (Å²) in [6.07, 6.45) is 0. The molecule has 0 aliphatic carbocycles. The van der Waals surface area contributed by atoms with Gasteiger partial charge in [-0.25, -0.2) is 9.07 Å². The van der Waals surface area contributed by atoms with Crippen molar-refractivity contribution in [1.82, 2.24) is 15.0 Å². The van der Waals surface area contributed by atoms with Crippen LogP contribution in [0, 0.1) is 12.7 Å². The van der Waals surface area contributed by atoms with Crippen molar-refractivity contribution in [2.45, 2.75) is 6.92 Å². The summed E-state index contributed by atoms with van der Waals surface area (Å²) in [6.45, 7) is 1.73. The molecule has 4 heteroatoms. The monoisotopic (exact) mass is 227 g/mol. The lowest BCUT2D eigenvalue weighted by molar-refractivity contribution is 0.601. The zero-order valence-corrected chi connectivity index (χ0v) is 9.26. The molecule has 0 fully saturated rings. The Balaban J connectivity index is 2.31. The Morgan fingerprint density at radius 1 is 1.06 bits per heavy atom. The van der Waals surface area contributed by atoms with Gasteiger partial charge in [0.15, 0.2) is 5.82 Å². The summed E-state index contributed by atoms with van der Waals surface area (Å²) in [6, 6.07) is 12.7. The summed E-state index contributed by atoms with van der Waals surface area (Å²) in [5, 5.41) is 8.01. The number of nitrogens with zero attached hydrogens (tertiary/aromatic N) is 3. The highest BCUT2D eigenvalue weighted by Gasteiger charge is 2.11. The van der Waals surface area contributed by atoms with Gasteiger partial charge in [0.05, 0.1) is 5.52 Å². The largest absolute Gasteiger partial charge is 0.210 e. The van der Waals surface area contributed by atoms with Crippen LogP contribution in [0.2, 0.25) is 0 Å². The van der Waals surface area contributed by atoms with Crippen molar-refractivity contribution in [3.05, 3.63) is 53.8 Å². The maximum atomic E-state index is 14.0. The number of rotatable bonds is 1. The lowest BCUT2D eigenvalue weighted by Gasteiger charge is -2.05. The molecular formula is C13H10FN3.